The van der Waals surface area contributed by atoms with E-state index in [9.17, 15) is 9.59 Å². The summed E-state index contributed by atoms with van der Waals surface area (Å²) in [7, 11) is 0. The van der Waals surface area contributed by atoms with Crippen molar-refractivity contribution >= 4 is 16.8 Å². The van der Waals surface area contributed by atoms with Gasteiger partial charge >= 0.3 is 0 Å². The summed E-state index contributed by atoms with van der Waals surface area (Å²) in [5, 5.41) is 0.595. The van der Waals surface area contributed by atoms with Crippen LogP contribution in [0.15, 0.2) is 29.1 Å². The lowest BCUT2D eigenvalue weighted by Gasteiger charge is -2.34. The third kappa shape index (κ3) is 4.97. The fourth-order valence-corrected chi connectivity index (χ4v) is 3.55. The molecule has 0 saturated carbocycles. The Morgan fingerprint density at radius 3 is 2.57 bits per heavy atom. The molecule has 0 aliphatic carbocycles. The average molecular weight is 386 g/mol. The maximum atomic E-state index is 12.7. The van der Waals surface area contributed by atoms with Crippen molar-refractivity contribution in [2.24, 2.45) is 0 Å². The summed E-state index contributed by atoms with van der Waals surface area (Å²) in [6.07, 6.45) is 0.566. The van der Waals surface area contributed by atoms with Gasteiger partial charge < -0.3 is 9.64 Å². The van der Waals surface area contributed by atoms with E-state index in [2.05, 4.69) is 9.88 Å². The molecule has 1 saturated heterocycles. The minimum atomic E-state index is -0.0779. The molecule has 28 heavy (non-hydrogen) atoms. The number of hydrogen-bond acceptors (Lipinski definition) is 5. The standard InChI is InChI=1S/C21H30N4O3/c1-16(2)28-15-14-23-10-12-24(13-11-23)20(26)8-9-25-17(3)22-19-7-5-4-6-18(19)21(25)27/h4-7,16H,8-15H2,1-3H3. The number of aromatic nitrogens is 2. The predicted octanol–water partition coefficient (Wildman–Crippen LogP) is 1.66. The highest BCUT2D eigenvalue weighted by Crippen LogP contribution is 2.09. The lowest BCUT2D eigenvalue weighted by molar-refractivity contribution is -0.133. The number of carbonyl (C=O) groups is 1. The van der Waals surface area contributed by atoms with Gasteiger partial charge in [-0.15, -0.1) is 0 Å². The van der Waals surface area contributed by atoms with Crippen molar-refractivity contribution in [2.45, 2.75) is 39.8 Å². The Kier molecular flexibility index (Phi) is 6.80. The van der Waals surface area contributed by atoms with E-state index in [0.717, 1.165) is 39.3 Å². The molecule has 0 unspecified atom stereocenters. The molecule has 7 nitrogen and oxygen atoms in total. The molecule has 1 aromatic carbocycles. The SMILES string of the molecule is Cc1nc2ccccc2c(=O)n1CCC(=O)N1CCN(CCOC(C)C)CC1. The van der Waals surface area contributed by atoms with Crippen LogP contribution in [0.1, 0.15) is 26.1 Å². The maximum absolute atomic E-state index is 12.7. The van der Waals surface area contributed by atoms with Gasteiger partial charge in [0.2, 0.25) is 5.91 Å². The molecule has 1 aliphatic rings. The molecule has 1 amide bonds. The highest BCUT2D eigenvalue weighted by atomic mass is 16.5. The van der Waals surface area contributed by atoms with Crippen LogP contribution >= 0.6 is 0 Å². The lowest BCUT2D eigenvalue weighted by Crippen LogP contribution is -2.49. The van der Waals surface area contributed by atoms with Crippen LogP contribution in [0.5, 0.6) is 0 Å². The third-order valence-electron chi connectivity index (χ3n) is 5.19. The van der Waals surface area contributed by atoms with Gasteiger partial charge in [-0.25, -0.2) is 4.98 Å². The normalized spacial score (nSPS) is 15.5. The Bertz CT molecular complexity index is 870. The molecule has 1 aliphatic heterocycles. The van der Waals surface area contributed by atoms with Crippen molar-refractivity contribution in [1.82, 2.24) is 19.4 Å². The summed E-state index contributed by atoms with van der Waals surface area (Å²) in [5.74, 6) is 0.740. The first-order valence-corrected chi connectivity index (χ1v) is 10.0. The minimum absolute atomic E-state index is 0.0779. The number of para-hydroxylation sites is 1. The second-order valence-electron chi connectivity index (χ2n) is 7.52. The van der Waals surface area contributed by atoms with E-state index in [1.807, 2.05) is 43.9 Å². The third-order valence-corrected chi connectivity index (χ3v) is 5.19. The summed E-state index contributed by atoms with van der Waals surface area (Å²) >= 11 is 0. The molecule has 1 aromatic heterocycles. The number of hydrogen-bond donors (Lipinski definition) is 0. The number of piperazine rings is 1. The van der Waals surface area contributed by atoms with Crippen LogP contribution in [0.25, 0.3) is 10.9 Å². The zero-order valence-electron chi connectivity index (χ0n) is 17.1. The van der Waals surface area contributed by atoms with Crippen LogP contribution in [0, 0.1) is 6.92 Å². The fourth-order valence-electron chi connectivity index (χ4n) is 3.55. The van der Waals surface area contributed by atoms with Gasteiger partial charge in [0.05, 0.1) is 23.6 Å². The van der Waals surface area contributed by atoms with E-state index in [-0.39, 0.29) is 17.6 Å². The number of benzene rings is 1. The van der Waals surface area contributed by atoms with E-state index in [1.54, 1.807) is 10.6 Å². The van der Waals surface area contributed by atoms with Gasteiger partial charge in [0.25, 0.3) is 5.56 Å². The van der Waals surface area contributed by atoms with Crippen molar-refractivity contribution in [1.29, 1.82) is 0 Å². The Labute approximate surface area is 165 Å². The molecule has 2 heterocycles. The van der Waals surface area contributed by atoms with Gasteiger partial charge in [-0.1, -0.05) is 12.1 Å². The molecule has 0 atom stereocenters. The molecule has 0 bridgehead atoms. The zero-order valence-corrected chi connectivity index (χ0v) is 17.1. The second-order valence-corrected chi connectivity index (χ2v) is 7.52. The predicted molar refractivity (Wildman–Crippen MR) is 109 cm³/mol. The van der Waals surface area contributed by atoms with Crippen LogP contribution in [0.3, 0.4) is 0 Å². The summed E-state index contributed by atoms with van der Waals surface area (Å²) < 4.78 is 7.21. The van der Waals surface area contributed by atoms with Crippen LogP contribution in [0.4, 0.5) is 0 Å². The van der Waals surface area contributed by atoms with E-state index in [4.69, 9.17) is 4.74 Å². The van der Waals surface area contributed by atoms with Crippen molar-refractivity contribution in [2.75, 3.05) is 39.3 Å². The van der Waals surface area contributed by atoms with Gasteiger partial charge in [0.15, 0.2) is 0 Å². The quantitative estimate of drug-likeness (QED) is 0.724. The summed E-state index contributed by atoms with van der Waals surface area (Å²) in [5.41, 5.74) is 0.621. The first-order chi connectivity index (χ1) is 13.5. The van der Waals surface area contributed by atoms with Crippen LogP contribution in [-0.2, 0) is 16.1 Å². The van der Waals surface area contributed by atoms with Crippen molar-refractivity contribution in [3.8, 4) is 0 Å². The monoisotopic (exact) mass is 386 g/mol. The molecule has 3 rings (SSSR count). The second kappa shape index (κ2) is 9.30. The highest BCUT2D eigenvalue weighted by Gasteiger charge is 2.21. The maximum Gasteiger partial charge on any atom is 0.261 e. The van der Waals surface area contributed by atoms with Gasteiger partial charge in [0, 0.05) is 45.7 Å². The summed E-state index contributed by atoms with van der Waals surface area (Å²) in [6, 6.07) is 7.33. The van der Waals surface area contributed by atoms with E-state index in [0.29, 0.717) is 29.7 Å². The Morgan fingerprint density at radius 2 is 1.86 bits per heavy atom. The number of rotatable bonds is 7. The van der Waals surface area contributed by atoms with Crippen molar-refractivity contribution in [3.63, 3.8) is 0 Å². The largest absolute Gasteiger partial charge is 0.377 e. The van der Waals surface area contributed by atoms with E-state index in [1.165, 1.54) is 0 Å². The summed E-state index contributed by atoms with van der Waals surface area (Å²) in [6.45, 7) is 11.1. The Balaban J connectivity index is 1.53. The fraction of sp³-hybridized carbons (Fsp3) is 0.571. The first-order valence-electron chi connectivity index (χ1n) is 10.0. The topological polar surface area (TPSA) is 67.7 Å². The van der Waals surface area contributed by atoms with Gasteiger partial charge in [-0.3, -0.25) is 19.1 Å². The zero-order chi connectivity index (χ0) is 20.1. The minimum Gasteiger partial charge on any atom is -0.377 e. The van der Waals surface area contributed by atoms with Crippen LogP contribution in [0.2, 0.25) is 0 Å². The van der Waals surface area contributed by atoms with Gasteiger partial charge in [0.1, 0.15) is 5.82 Å². The molecule has 1 fully saturated rings. The highest BCUT2D eigenvalue weighted by molar-refractivity contribution is 5.78. The smallest absolute Gasteiger partial charge is 0.261 e. The molecule has 2 aromatic rings. The number of nitrogens with zero attached hydrogens (tertiary/aromatic N) is 4. The first kappa shape index (κ1) is 20.5. The van der Waals surface area contributed by atoms with Gasteiger partial charge in [-0.2, -0.15) is 0 Å². The number of ether oxygens (including phenoxy) is 1. The molecule has 0 N–H and O–H groups in total. The average Bonchev–Trinajstić information content (AvgIpc) is 2.68. The lowest BCUT2D eigenvalue weighted by atomic mass is 10.2. The van der Waals surface area contributed by atoms with Gasteiger partial charge in [-0.05, 0) is 32.9 Å². The van der Waals surface area contributed by atoms with E-state index < -0.39 is 0 Å². The Hall–Kier alpha value is -2.25. The number of amides is 1. The van der Waals surface area contributed by atoms with E-state index >= 15 is 0 Å². The molecular weight excluding hydrogens is 356 g/mol. The number of carbonyl (C=O) groups excluding carboxylic acids is 1. The molecule has 152 valence electrons. The van der Waals surface area contributed by atoms with Crippen molar-refractivity contribution < 1.29 is 9.53 Å². The molecule has 0 radical (unpaired) electrons. The van der Waals surface area contributed by atoms with Crippen LogP contribution < -0.4 is 5.56 Å². The number of aryl methyl sites for hydroxylation is 1. The Morgan fingerprint density at radius 1 is 1.14 bits per heavy atom. The van der Waals surface area contributed by atoms with Crippen molar-refractivity contribution in [3.05, 3.63) is 40.4 Å². The number of fused-ring (bicyclic) bond motifs is 1. The van der Waals surface area contributed by atoms with Crippen LogP contribution in [-0.4, -0.2) is 70.7 Å². The summed E-state index contributed by atoms with van der Waals surface area (Å²) in [4.78, 5) is 34.0. The molecule has 0 spiro atoms. The molecule has 7 heteroatoms. The molecular formula is C21H30N4O3.